The number of carbonyl (C=O) groups is 1. The molecule has 0 atom stereocenters. The van der Waals surface area contributed by atoms with Crippen molar-refractivity contribution in [1.29, 1.82) is 0 Å². The first-order valence-electron chi connectivity index (χ1n) is 6.29. The monoisotopic (exact) mass is 299 g/mol. The van der Waals surface area contributed by atoms with E-state index in [0.717, 1.165) is 19.3 Å². The van der Waals surface area contributed by atoms with E-state index in [1.54, 1.807) is 0 Å². The Hall–Kier alpha value is -1.60. The summed E-state index contributed by atoms with van der Waals surface area (Å²) in [6.07, 6.45) is 2.81. The number of sulfonamides is 1. The molecule has 0 aromatic heterocycles. The number of hydrogen-bond donors (Lipinski definition) is 1. The standard InChI is InChI=1S/C13H17NO5S/c1-18-12-6-5-11(20(14,16)17)7-9(12)8-13(15)19-10-3-2-4-10/h5-7,10H,2-4,8H2,1H3,(H2,14,16,17). The molecule has 110 valence electrons. The second-order valence-electron chi connectivity index (χ2n) is 4.74. The number of ether oxygens (including phenoxy) is 2. The molecule has 0 heterocycles. The summed E-state index contributed by atoms with van der Waals surface area (Å²) in [7, 11) is -2.36. The Morgan fingerprint density at radius 1 is 1.40 bits per heavy atom. The Kier molecular flexibility index (Phi) is 4.29. The Morgan fingerprint density at radius 2 is 2.10 bits per heavy atom. The van der Waals surface area contributed by atoms with Crippen LogP contribution in [-0.2, 0) is 26.0 Å². The number of methoxy groups -OCH3 is 1. The summed E-state index contributed by atoms with van der Waals surface area (Å²) in [5.74, 6) is 0.0440. The summed E-state index contributed by atoms with van der Waals surface area (Å²) in [6, 6.07) is 4.16. The average Bonchev–Trinajstić information content (AvgIpc) is 2.33. The molecule has 20 heavy (non-hydrogen) atoms. The summed E-state index contributed by atoms with van der Waals surface area (Å²) < 4.78 is 33.0. The van der Waals surface area contributed by atoms with E-state index < -0.39 is 10.0 Å². The van der Waals surface area contributed by atoms with E-state index in [0.29, 0.717) is 11.3 Å². The van der Waals surface area contributed by atoms with Crippen LogP contribution in [0, 0.1) is 0 Å². The van der Waals surface area contributed by atoms with Crippen LogP contribution < -0.4 is 9.88 Å². The summed E-state index contributed by atoms with van der Waals surface area (Å²) in [5.41, 5.74) is 0.448. The van der Waals surface area contributed by atoms with Crippen LogP contribution in [0.15, 0.2) is 23.1 Å². The van der Waals surface area contributed by atoms with Gasteiger partial charge in [0.2, 0.25) is 10.0 Å². The molecule has 0 amide bonds. The van der Waals surface area contributed by atoms with Gasteiger partial charge in [-0.05, 0) is 37.5 Å². The number of esters is 1. The fourth-order valence-corrected chi connectivity index (χ4v) is 2.51. The van der Waals surface area contributed by atoms with Crippen LogP contribution in [0.2, 0.25) is 0 Å². The maximum absolute atomic E-state index is 11.8. The van der Waals surface area contributed by atoms with Gasteiger partial charge in [0, 0.05) is 5.56 Å². The molecular weight excluding hydrogens is 282 g/mol. The number of primary sulfonamides is 1. The molecule has 2 rings (SSSR count). The van der Waals surface area contributed by atoms with Crippen molar-refractivity contribution in [2.45, 2.75) is 36.7 Å². The van der Waals surface area contributed by atoms with E-state index in [-0.39, 0.29) is 23.4 Å². The van der Waals surface area contributed by atoms with Crippen LogP contribution in [0.3, 0.4) is 0 Å². The SMILES string of the molecule is COc1ccc(S(N)(=O)=O)cc1CC(=O)OC1CCC1. The van der Waals surface area contributed by atoms with E-state index in [2.05, 4.69) is 0 Å². The lowest BCUT2D eigenvalue weighted by Crippen LogP contribution is -2.26. The molecular formula is C13H17NO5S. The molecule has 1 aromatic rings. The van der Waals surface area contributed by atoms with E-state index in [9.17, 15) is 13.2 Å². The quantitative estimate of drug-likeness (QED) is 0.818. The van der Waals surface area contributed by atoms with Gasteiger partial charge in [-0.3, -0.25) is 4.79 Å². The van der Waals surface area contributed by atoms with Crippen LogP contribution in [0.1, 0.15) is 24.8 Å². The van der Waals surface area contributed by atoms with Gasteiger partial charge in [0.05, 0.1) is 18.4 Å². The minimum absolute atomic E-state index is 0.00470. The molecule has 6 nitrogen and oxygen atoms in total. The zero-order valence-corrected chi connectivity index (χ0v) is 12.0. The van der Waals surface area contributed by atoms with E-state index in [1.165, 1.54) is 25.3 Å². The molecule has 1 aliphatic rings. The molecule has 1 fully saturated rings. The summed E-state index contributed by atoms with van der Waals surface area (Å²) in [5, 5.41) is 5.07. The van der Waals surface area contributed by atoms with Crippen LogP contribution in [0.25, 0.3) is 0 Å². The zero-order chi connectivity index (χ0) is 14.8. The number of rotatable bonds is 5. The maximum atomic E-state index is 11.8. The molecule has 0 radical (unpaired) electrons. The fraction of sp³-hybridized carbons (Fsp3) is 0.462. The van der Waals surface area contributed by atoms with Crippen LogP contribution >= 0.6 is 0 Å². The van der Waals surface area contributed by atoms with Gasteiger partial charge in [-0.15, -0.1) is 0 Å². The normalized spacial score (nSPS) is 15.5. The highest BCUT2D eigenvalue weighted by atomic mass is 32.2. The number of nitrogens with two attached hydrogens (primary N) is 1. The van der Waals surface area contributed by atoms with Crippen molar-refractivity contribution in [2.75, 3.05) is 7.11 Å². The molecule has 7 heteroatoms. The first kappa shape index (κ1) is 14.8. The molecule has 0 saturated heterocycles. The Bertz CT molecular complexity index is 607. The predicted octanol–water partition coefficient (Wildman–Crippen LogP) is 0.981. The van der Waals surface area contributed by atoms with Gasteiger partial charge in [0.25, 0.3) is 0 Å². The van der Waals surface area contributed by atoms with Crippen molar-refractivity contribution in [2.24, 2.45) is 5.14 Å². The largest absolute Gasteiger partial charge is 0.496 e. The van der Waals surface area contributed by atoms with Crippen molar-refractivity contribution in [3.63, 3.8) is 0 Å². The minimum atomic E-state index is -3.81. The second kappa shape index (κ2) is 5.80. The molecule has 0 unspecified atom stereocenters. The maximum Gasteiger partial charge on any atom is 0.310 e. The third-order valence-electron chi connectivity index (χ3n) is 3.27. The van der Waals surface area contributed by atoms with Crippen molar-refractivity contribution in [3.8, 4) is 5.75 Å². The zero-order valence-electron chi connectivity index (χ0n) is 11.2. The van der Waals surface area contributed by atoms with Gasteiger partial charge in [-0.25, -0.2) is 13.6 Å². The van der Waals surface area contributed by atoms with Crippen LogP contribution in [0.4, 0.5) is 0 Å². The van der Waals surface area contributed by atoms with Gasteiger partial charge in [0.1, 0.15) is 11.9 Å². The predicted molar refractivity (Wildman–Crippen MR) is 71.8 cm³/mol. The highest BCUT2D eigenvalue weighted by molar-refractivity contribution is 7.89. The molecule has 1 saturated carbocycles. The lowest BCUT2D eigenvalue weighted by Gasteiger charge is -2.25. The van der Waals surface area contributed by atoms with Gasteiger partial charge in [0.15, 0.2) is 0 Å². The van der Waals surface area contributed by atoms with E-state index in [1.807, 2.05) is 0 Å². The summed E-state index contributed by atoms with van der Waals surface area (Å²) in [4.78, 5) is 11.7. The van der Waals surface area contributed by atoms with Crippen LogP contribution in [-0.4, -0.2) is 27.6 Å². The van der Waals surface area contributed by atoms with Crippen molar-refractivity contribution in [1.82, 2.24) is 0 Å². The number of benzene rings is 1. The molecule has 1 aliphatic carbocycles. The highest BCUT2D eigenvalue weighted by Gasteiger charge is 2.22. The Labute approximate surface area is 117 Å². The highest BCUT2D eigenvalue weighted by Crippen LogP contribution is 2.25. The van der Waals surface area contributed by atoms with Gasteiger partial charge in [-0.1, -0.05) is 0 Å². The molecule has 0 bridgehead atoms. The fourth-order valence-electron chi connectivity index (χ4n) is 1.94. The summed E-state index contributed by atoms with van der Waals surface area (Å²) in [6.45, 7) is 0. The van der Waals surface area contributed by atoms with E-state index in [4.69, 9.17) is 14.6 Å². The molecule has 0 aliphatic heterocycles. The lowest BCUT2D eigenvalue weighted by atomic mass is 9.96. The van der Waals surface area contributed by atoms with Gasteiger partial charge < -0.3 is 9.47 Å². The molecule has 0 spiro atoms. The molecule has 1 aromatic carbocycles. The van der Waals surface area contributed by atoms with Crippen molar-refractivity contribution >= 4 is 16.0 Å². The molecule has 2 N–H and O–H groups in total. The first-order valence-corrected chi connectivity index (χ1v) is 7.84. The van der Waals surface area contributed by atoms with Crippen molar-refractivity contribution < 1.29 is 22.7 Å². The van der Waals surface area contributed by atoms with Gasteiger partial charge >= 0.3 is 5.97 Å². The second-order valence-corrected chi connectivity index (χ2v) is 6.30. The minimum Gasteiger partial charge on any atom is -0.496 e. The van der Waals surface area contributed by atoms with Crippen LogP contribution in [0.5, 0.6) is 5.75 Å². The average molecular weight is 299 g/mol. The number of hydrogen-bond acceptors (Lipinski definition) is 5. The smallest absolute Gasteiger partial charge is 0.310 e. The third kappa shape index (κ3) is 3.49. The van der Waals surface area contributed by atoms with Crippen molar-refractivity contribution in [3.05, 3.63) is 23.8 Å². The Morgan fingerprint density at radius 3 is 2.60 bits per heavy atom. The topological polar surface area (TPSA) is 95.7 Å². The lowest BCUT2D eigenvalue weighted by molar-refractivity contribution is -0.152. The number of carbonyl (C=O) groups excluding carboxylic acids is 1. The van der Waals surface area contributed by atoms with Gasteiger partial charge in [-0.2, -0.15) is 0 Å². The Balaban J connectivity index is 2.17. The summed E-state index contributed by atoms with van der Waals surface area (Å²) >= 11 is 0. The first-order chi connectivity index (χ1) is 9.40. The van der Waals surface area contributed by atoms with E-state index >= 15 is 0 Å². The third-order valence-corrected chi connectivity index (χ3v) is 4.18.